The second kappa shape index (κ2) is 4.87. The summed E-state index contributed by atoms with van der Waals surface area (Å²) in [5, 5.41) is 0. The molecule has 0 heterocycles. The predicted molar refractivity (Wildman–Crippen MR) is 60.4 cm³/mol. The van der Waals surface area contributed by atoms with Gasteiger partial charge in [0.2, 0.25) is 0 Å². The smallest absolute Gasteiger partial charge is 0.0948 e. The van der Waals surface area contributed by atoms with Crippen LogP contribution in [0.4, 0.5) is 0 Å². The van der Waals surface area contributed by atoms with Crippen molar-refractivity contribution in [1.29, 1.82) is 0 Å². The number of aliphatic imine (C=N–C) groups is 1. The number of hydrogen-bond acceptors (Lipinski definition) is 2. The first kappa shape index (κ1) is 10.1. The normalized spacial score (nSPS) is 12.6. The molecule has 0 spiro atoms. The Kier molecular flexibility index (Phi) is 3.49. The van der Waals surface area contributed by atoms with Crippen LogP contribution in [0.3, 0.4) is 0 Å². The van der Waals surface area contributed by atoms with Crippen molar-refractivity contribution >= 4 is 12.0 Å². The quantitative estimate of drug-likeness (QED) is 0.427. The minimum Gasteiger partial charge on any atom is -0.397 e. The zero-order chi connectivity index (χ0) is 10.4. The maximum Gasteiger partial charge on any atom is 0.0948 e. The van der Waals surface area contributed by atoms with E-state index in [1.807, 2.05) is 30.3 Å². The maximum atomic E-state index is 5.73. The van der Waals surface area contributed by atoms with E-state index < -0.39 is 0 Å². The van der Waals surface area contributed by atoms with Gasteiger partial charge in [0.25, 0.3) is 0 Å². The third-order valence-corrected chi connectivity index (χ3v) is 1.74. The van der Waals surface area contributed by atoms with Crippen molar-refractivity contribution in [3.8, 4) is 0 Å². The summed E-state index contributed by atoms with van der Waals surface area (Å²) in [6, 6.07) is 9.59. The first-order valence-corrected chi connectivity index (χ1v) is 4.21. The van der Waals surface area contributed by atoms with Crippen molar-refractivity contribution < 1.29 is 0 Å². The largest absolute Gasteiger partial charge is 0.397 e. The molecular formula is C11H13N3. The molecule has 0 fully saturated rings. The van der Waals surface area contributed by atoms with Crippen LogP contribution in [-0.2, 0) is 0 Å². The highest BCUT2D eigenvalue weighted by Crippen LogP contribution is 2.17. The lowest BCUT2D eigenvalue weighted by Gasteiger charge is -2.03. The first-order valence-electron chi connectivity index (χ1n) is 4.21. The van der Waals surface area contributed by atoms with E-state index in [9.17, 15) is 0 Å². The minimum absolute atomic E-state index is 0.512. The lowest BCUT2D eigenvalue weighted by Crippen LogP contribution is -1.99. The molecule has 0 aliphatic rings. The van der Waals surface area contributed by atoms with Gasteiger partial charge in [0, 0.05) is 5.56 Å². The Morgan fingerprint density at radius 1 is 1.29 bits per heavy atom. The number of nitrogens with two attached hydrogens (primary N) is 2. The van der Waals surface area contributed by atoms with Gasteiger partial charge < -0.3 is 11.5 Å². The van der Waals surface area contributed by atoms with Gasteiger partial charge in [-0.2, -0.15) is 0 Å². The molecule has 0 radical (unpaired) electrons. The second-order valence-corrected chi connectivity index (χ2v) is 2.65. The number of nitrogens with zero attached hydrogens (tertiary/aromatic N) is 1. The molecule has 0 aliphatic heterocycles. The SMILES string of the molecule is C=C/C(N)=C(\N=C/N)c1ccccc1. The summed E-state index contributed by atoms with van der Waals surface area (Å²) < 4.78 is 0. The third kappa shape index (κ3) is 2.23. The molecule has 4 N–H and O–H groups in total. The molecule has 1 rings (SSSR count). The topological polar surface area (TPSA) is 64.4 Å². The lowest BCUT2D eigenvalue weighted by molar-refractivity contribution is 1.37. The highest BCUT2D eigenvalue weighted by molar-refractivity contribution is 5.75. The summed E-state index contributed by atoms with van der Waals surface area (Å²) in [6.45, 7) is 3.59. The van der Waals surface area contributed by atoms with Gasteiger partial charge in [-0.1, -0.05) is 36.9 Å². The van der Waals surface area contributed by atoms with Crippen molar-refractivity contribution in [3.63, 3.8) is 0 Å². The first-order chi connectivity index (χ1) is 6.79. The fraction of sp³-hybridized carbons (Fsp3) is 0. The fourth-order valence-electron chi connectivity index (χ4n) is 1.08. The van der Waals surface area contributed by atoms with Crippen molar-refractivity contribution in [1.82, 2.24) is 0 Å². The molecule has 3 heteroatoms. The lowest BCUT2D eigenvalue weighted by atomic mass is 10.1. The van der Waals surface area contributed by atoms with Crippen LogP contribution in [0.5, 0.6) is 0 Å². The molecule has 0 saturated carbocycles. The van der Waals surface area contributed by atoms with Crippen LogP contribution in [0.2, 0.25) is 0 Å². The van der Waals surface area contributed by atoms with E-state index in [1.165, 1.54) is 6.34 Å². The van der Waals surface area contributed by atoms with Crippen LogP contribution in [0.25, 0.3) is 5.70 Å². The van der Waals surface area contributed by atoms with Gasteiger partial charge in [0.1, 0.15) is 0 Å². The van der Waals surface area contributed by atoms with Gasteiger partial charge in [-0.05, 0) is 6.08 Å². The Labute approximate surface area is 83.5 Å². The standard InChI is InChI=1S/C11H13N3/c1-2-10(13)11(14-8-12)9-6-4-3-5-7-9/h2-8H,1,13H2,(H2,12,14)/b11-10+. The van der Waals surface area contributed by atoms with Gasteiger partial charge in [-0.3, -0.25) is 0 Å². The summed E-state index contributed by atoms with van der Waals surface area (Å²) >= 11 is 0. The Morgan fingerprint density at radius 3 is 2.43 bits per heavy atom. The number of hydrogen-bond donors (Lipinski definition) is 2. The monoisotopic (exact) mass is 187 g/mol. The number of allylic oxidation sites excluding steroid dienone is 1. The van der Waals surface area contributed by atoms with Crippen molar-refractivity contribution in [2.45, 2.75) is 0 Å². The zero-order valence-corrected chi connectivity index (χ0v) is 7.85. The van der Waals surface area contributed by atoms with Crippen LogP contribution in [-0.4, -0.2) is 6.34 Å². The average Bonchev–Trinajstić information content (AvgIpc) is 2.26. The summed E-state index contributed by atoms with van der Waals surface area (Å²) in [4.78, 5) is 4.00. The molecule has 3 nitrogen and oxygen atoms in total. The third-order valence-electron chi connectivity index (χ3n) is 1.74. The van der Waals surface area contributed by atoms with Gasteiger partial charge >= 0.3 is 0 Å². The molecule has 0 aliphatic carbocycles. The second-order valence-electron chi connectivity index (χ2n) is 2.65. The summed E-state index contributed by atoms with van der Waals surface area (Å²) in [6.07, 6.45) is 2.77. The maximum absolute atomic E-state index is 5.73. The molecule has 1 aromatic rings. The van der Waals surface area contributed by atoms with Crippen LogP contribution in [0, 0.1) is 0 Å². The van der Waals surface area contributed by atoms with Crippen molar-refractivity contribution in [2.24, 2.45) is 16.5 Å². The molecule has 14 heavy (non-hydrogen) atoms. The molecule has 0 atom stereocenters. The highest BCUT2D eigenvalue weighted by atomic mass is 14.8. The van der Waals surface area contributed by atoms with Crippen LogP contribution < -0.4 is 11.5 Å². The van der Waals surface area contributed by atoms with E-state index in [-0.39, 0.29) is 0 Å². The number of benzene rings is 1. The van der Waals surface area contributed by atoms with E-state index >= 15 is 0 Å². The molecule has 0 bridgehead atoms. The average molecular weight is 187 g/mol. The Bertz CT molecular complexity index is 363. The van der Waals surface area contributed by atoms with Crippen molar-refractivity contribution in [3.05, 3.63) is 54.2 Å². The van der Waals surface area contributed by atoms with Crippen LogP contribution in [0.1, 0.15) is 5.56 Å². The Hall–Kier alpha value is -2.03. The van der Waals surface area contributed by atoms with Gasteiger partial charge in [0.15, 0.2) is 0 Å². The Balaban J connectivity index is 3.20. The summed E-state index contributed by atoms with van der Waals surface area (Å²) in [5.41, 5.74) is 13.0. The molecule has 0 saturated heterocycles. The van der Waals surface area contributed by atoms with E-state index in [0.717, 1.165) is 5.56 Å². The number of rotatable bonds is 3. The molecular weight excluding hydrogens is 174 g/mol. The van der Waals surface area contributed by atoms with E-state index in [1.54, 1.807) is 6.08 Å². The Morgan fingerprint density at radius 2 is 1.93 bits per heavy atom. The highest BCUT2D eigenvalue weighted by Gasteiger charge is 2.01. The van der Waals surface area contributed by atoms with Gasteiger partial charge in [0.05, 0.1) is 17.7 Å². The molecule has 0 unspecified atom stereocenters. The van der Waals surface area contributed by atoms with Gasteiger partial charge in [-0.25, -0.2) is 4.99 Å². The molecule has 0 aromatic heterocycles. The van der Waals surface area contributed by atoms with E-state index in [2.05, 4.69) is 11.6 Å². The summed E-state index contributed by atoms with van der Waals surface area (Å²) in [7, 11) is 0. The fourth-order valence-corrected chi connectivity index (χ4v) is 1.08. The molecule has 1 aromatic carbocycles. The summed E-state index contributed by atoms with van der Waals surface area (Å²) in [5.74, 6) is 0. The van der Waals surface area contributed by atoms with E-state index in [0.29, 0.717) is 11.4 Å². The minimum atomic E-state index is 0.512. The van der Waals surface area contributed by atoms with Crippen molar-refractivity contribution in [2.75, 3.05) is 0 Å². The van der Waals surface area contributed by atoms with Gasteiger partial charge in [-0.15, -0.1) is 0 Å². The van der Waals surface area contributed by atoms with Crippen LogP contribution in [0.15, 0.2) is 53.7 Å². The molecule has 72 valence electrons. The van der Waals surface area contributed by atoms with Crippen LogP contribution >= 0.6 is 0 Å². The van der Waals surface area contributed by atoms with E-state index in [4.69, 9.17) is 11.5 Å². The zero-order valence-electron chi connectivity index (χ0n) is 7.85. The predicted octanol–water partition coefficient (Wildman–Crippen LogP) is 1.49. The molecule has 0 amide bonds.